The molecular weight excluding hydrogens is 534 g/mol. The van der Waals surface area contributed by atoms with E-state index in [9.17, 15) is 24.6 Å². The molecule has 4 unspecified atom stereocenters. The van der Waals surface area contributed by atoms with Crippen molar-refractivity contribution in [3.05, 3.63) is 59.2 Å². The Bertz CT molecular complexity index is 1270. The molecular formula is C33H45N3O6. The van der Waals surface area contributed by atoms with Gasteiger partial charge in [-0.1, -0.05) is 44.4 Å². The van der Waals surface area contributed by atoms with E-state index in [-0.39, 0.29) is 41.8 Å². The van der Waals surface area contributed by atoms with Crippen LogP contribution in [0.2, 0.25) is 0 Å². The summed E-state index contributed by atoms with van der Waals surface area (Å²) in [5, 5.41) is 26.0. The summed E-state index contributed by atoms with van der Waals surface area (Å²) in [6, 6.07) is 9.33. The number of carbonyl (C=O) groups is 3. The lowest BCUT2D eigenvalue weighted by molar-refractivity contribution is -0.143. The van der Waals surface area contributed by atoms with Gasteiger partial charge in [0.1, 0.15) is 29.2 Å². The molecule has 4 N–H and O–H groups in total. The molecule has 0 aromatic heterocycles. The Morgan fingerprint density at radius 2 is 1.67 bits per heavy atom. The van der Waals surface area contributed by atoms with Crippen LogP contribution in [-0.2, 0) is 20.7 Å². The third-order valence-corrected chi connectivity index (χ3v) is 8.06. The summed E-state index contributed by atoms with van der Waals surface area (Å²) in [4.78, 5) is 43.3. The number of nitrogens with one attached hydrogen (secondary N) is 2. The second kappa shape index (κ2) is 13.0. The monoisotopic (exact) mass is 579 g/mol. The molecule has 2 saturated carbocycles. The summed E-state index contributed by atoms with van der Waals surface area (Å²) in [7, 11) is 0. The van der Waals surface area contributed by atoms with Crippen LogP contribution in [0.5, 0.6) is 11.5 Å². The summed E-state index contributed by atoms with van der Waals surface area (Å²) in [6.07, 6.45) is 5.17. The number of alkyl carbamates (subject to hydrolysis) is 1. The number of hydrogen-bond acceptors (Lipinski definition) is 6. The number of nitrogens with zero attached hydrogens (tertiary/aromatic N) is 1. The molecule has 0 spiro atoms. The summed E-state index contributed by atoms with van der Waals surface area (Å²) in [5.41, 5.74) is 1.17. The zero-order valence-corrected chi connectivity index (χ0v) is 25.4. The number of carbonyl (C=O) groups excluding carboxylic acids is 3. The second-order valence-corrected chi connectivity index (χ2v) is 12.9. The first-order valence-electron chi connectivity index (χ1n) is 15.0. The van der Waals surface area contributed by atoms with Gasteiger partial charge in [-0.3, -0.25) is 9.59 Å². The average Bonchev–Trinajstić information content (AvgIpc) is 3.64. The van der Waals surface area contributed by atoms with E-state index in [0.717, 1.165) is 44.1 Å². The zero-order chi connectivity index (χ0) is 30.6. The minimum Gasteiger partial charge on any atom is -0.508 e. The normalized spacial score (nSPS) is 20.2. The van der Waals surface area contributed by atoms with Crippen LogP contribution >= 0.6 is 0 Å². The van der Waals surface area contributed by atoms with Crippen molar-refractivity contribution in [1.29, 1.82) is 0 Å². The predicted octanol–water partition coefficient (Wildman–Crippen LogP) is 5.27. The van der Waals surface area contributed by atoms with Crippen LogP contribution in [0.3, 0.4) is 0 Å². The van der Waals surface area contributed by atoms with E-state index in [0.29, 0.717) is 11.1 Å². The van der Waals surface area contributed by atoms with Gasteiger partial charge in [0.2, 0.25) is 11.8 Å². The first-order valence-corrected chi connectivity index (χ1v) is 15.0. The highest BCUT2D eigenvalue weighted by Gasteiger charge is 2.48. The van der Waals surface area contributed by atoms with E-state index in [4.69, 9.17) is 4.74 Å². The lowest BCUT2D eigenvalue weighted by Crippen LogP contribution is -2.55. The Morgan fingerprint density at radius 1 is 1.02 bits per heavy atom. The fourth-order valence-electron chi connectivity index (χ4n) is 5.68. The van der Waals surface area contributed by atoms with Crippen molar-refractivity contribution in [3.8, 4) is 11.5 Å². The van der Waals surface area contributed by atoms with Crippen molar-refractivity contribution in [1.82, 2.24) is 15.5 Å². The molecule has 4 atom stereocenters. The third kappa shape index (κ3) is 8.17. The van der Waals surface area contributed by atoms with Gasteiger partial charge in [-0.2, -0.15) is 0 Å². The number of aryl methyl sites for hydroxylation is 1. The fourth-order valence-corrected chi connectivity index (χ4v) is 5.68. The topological polar surface area (TPSA) is 128 Å². The molecule has 4 rings (SSSR count). The zero-order valence-electron chi connectivity index (χ0n) is 25.4. The van der Waals surface area contributed by atoms with Crippen LogP contribution in [0.1, 0.15) is 89.0 Å². The lowest BCUT2D eigenvalue weighted by Gasteiger charge is -2.36. The predicted molar refractivity (Wildman–Crippen MR) is 160 cm³/mol. The smallest absolute Gasteiger partial charge is 0.408 e. The van der Waals surface area contributed by atoms with Crippen LogP contribution < -0.4 is 10.6 Å². The Labute approximate surface area is 248 Å². The van der Waals surface area contributed by atoms with E-state index in [1.54, 1.807) is 62.9 Å². The molecule has 2 fully saturated rings. The molecule has 228 valence electrons. The lowest BCUT2D eigenvalue weighted by atomic mass is 9.94. The molecule has 0 bridgehead atoms. The van der Waals surface area contributed by atoms with Gasteiger partial charge in [0.05, 0.1) is 0 Å². The van der Waals surface area contributed by atoms with Gasteiger partial charge in [-0.25, -0.2) is 4.79 Å². The SMILES string of the molecule is Cc1cc(C(C(=O)NC2CCCCC2)N(C(=O)C(Cc2ccc(O)cc2)NC(=O)OC(C)(C)C)C2CC2C)ccc1O. The first-order chi connectivity index (χ1) is 19.8. The molecule has 0 heterocycles. The molecule has 9 nitrogen and oxygen atoms in total. The van der Waals surface area contributed by atoms with Gasteiger partial charge in [-0.15, -0.1) is 0 Å². The summed E-state index contributed by atoms with van der Waals surface area (Å²) < 4.78 is 5.51. The van der Waals surface area contributed by atoms with E-state index >= 15 is 0 Å². The van der Waals surface area contributed by atoms with Crippen molar-refractivity contribution in [2.24, 2.45) is 5.92 Å². The number of ether oxygens (including phenoxy) is 1. The van der Waals surface area contributed by atoms with Crippen molar-refractivity contribution in [2.45, 2.75) is 109 Å². The van der Waals surface area contributed by atoms with Gasteiger partial charge in [0, 0.05) is 18.5 Å². The largest absolute Gasteiger partial charge is 0.508 e. The molecule has 2 aliphatic rings. The van der Waals surface area contributed by atoms with Crippen LogP contribution in [0.15, 0.2) is 42.5 Å². The maximum absolute atomic E-state index is 14.6. The molecule has 0 radical (unpaired) electrons. The second-order valence-electron chi connectivity index (χ2n) is 12.9. The number of phenols is 2. The van der Waals surface area contributed by atoms with E-state index < -0.39 is 29.7 Å². The number of phenolic OH excluding ortho intramolecular Hbond substituents is 2. The van der Waals surface area contributed by atoms with Gasteiger partial charge >= 0.3 is 6.09 Å². The molecule has 2 aliphatic carbocycles. The van der Waals surface area contributed by atoms with E-state index in [2.05, 4.69) is 10.6 Å². The standard InChI is InChI=1S/C33H45N3O6/c1-20-18-27(20)36(29(23-13-16-28(38)21(2)17-23)30(39)34-24-9-7-6-8-10-24)31(40)26(35-32(41)42-33(3,4)5)19-22-11-14-25(37)15-12-22/h11-17,20,24,26-27,29,37-38H,6-10,18-19H2,1-5H3,(H,34,39)(H,35,41). The van der Waals surface area contributed by atoms with E-state index in [1.165, 1.54) is 12.1 Å². The van der Waals surface area contributed by atoms with Gasteiger partial charge in [-0.05, 0) is 93.8 Å². The average molecular weight is 580 g/mol. The van der Waals surface area contributed by atoms with Gasteiger partial charge in [0.25, 0.3) is 0 Å². The maximum Gasteiger partial charge on any atom is 0.408 e. The molecule has 9 heteroatoms. The third-order valence-electron chi connectivity index (χ3n) is 8.06. The van der Waals surface area contributed by atoms with Crippen LogP contribution in [0, 0.1) is 12.8 Å². The molecule has 2 aromatic carbocycles. The molecule has 3 amide bonds. The number of hydrogen-bond donors (Lipinski definition) is 4. The van der Waals surface area contributed by atoms with Gasteiger partial charge in [0.15, 0.2) is 0 Å². The number of rotatable bonds is 9. The molecule has 0 saturated heterocycles. The molecule has 42 heavy (non-hydrogen) atoms. The summed E-state index contributed by atoms with van der Waals surface area (Å²) in [5.74, 6) is -0.275. The molecule has 0 aliphatic heterocycles. The Hall–Kier alpha value is -3.75. The van der Waals surface area contributed by atoms with Crippen molar-refractivity contribution in [3.63, 3.8) is 0 Å². The van der Waals surface area contributed by atoms with Gasteiger partial charge < -0.3 is 30.5 Å². The highest BCUT2D eigenvalue weighted by Crippen LogP contribution is 2.41. The number of amides is 3. The van der Waals surface area contributed by atoms with Crippen molar-refractivity contribution < 1.29 is 29.3 Å². The van der Waals surface area contributed by atoms with Crippen LogP contribution in [-0.4, -0.2) is 56.7 Å². The number of benzene rings is 2. The first kappa shape index (κ1) is 31.2. The number of aromatic hydroxyl groups is 2. The van der Waals surface area contributed by atoms with Crippen LogP contribution in [0.25, 0.3) is 0 Å². The van der Waals surface area contributed by atoms with E-state index in [1.807, 2.05) is 6.92 Å². The Balaban J connectivity index is 1.72. The quantitative estimate of drug-likeness (QED) is 0.321. The summed E-state index contributed by atoms with van der Waals surface area (Å²) >= 11 is 0. The van der Waals surface area contributed by atoms with Crippen molar-refractivity contribution >= 4 is 17.9 Å². The Morgan fingerprint density at radius 3 is 2.24 bits per heavy atom. The maximum atomic E-state index is 14.6. The van der Waals surface area contributed by atoms with Crippen LogP contribution in [0.4, 0.5) is 4.79 Å². The highest BCUT2D eigenvalue weighted by atomic mass is 16.6. The Kier molecular flexibility index (Phi) is 9.69. The molecule has 2 aromatic rings. The van der Waals surface area contributed by atoms with Crippen molar-refractivity contribution in [2.75, 3.05) is 0 Å². The highest BCUT2D eigenvalue weighted by molar-refractivity contribution is 5.93. The minimum absolute atomic E-state index is 0.0354. The summed E-state index contributed by atoms with van der Waals surface area (Å²) in [6.45, 7) is 9.05. The minimum atomic E-state index is -1.03. The fraction of sp³-hybridized carbons (Fsp3) is 0.545.